The number of sulfonamides is 1. The molecule has 2 aliphatic rings. The van der Waals surface area contributed by atoms with Crippen molar-refractivity contribution in [3.05, 3.63) is 29.3 Å². The van der Waals surface area contributed by atoms with Crippen molar-refractivity contribution in [2.24, 2.45) is 5.92 Å². The average molecular weight is 329 g/mol. The Hall–Kier alpha value is -1.11. The fourth-order valence-electron chi connectivity index (χ4n) is 2.53. The van der Waals surface area contributed by atoms with Gasteiger partial charge >= 0.3 is 0 Å². The number of piperazine rings is 1. The number of rotatable bonds is 3. The first-order chi connectivity index (χ1) is 10.00. The second-order valence-electron chi connectivity index (χ2n) is 5.43. The summed E-state index contributed by atoms with van der Waals surface area (Å²) in [5.74, 6) is 0.349. The van der Waals surface area contributed by atoms with Crippen LogP contribution in [0.1, 0.15) is 12.8 Å². The Morgan fingerprint density at radius 3 is 2.29 bits per heavy atom. The van der Waals surface area contributed by atoms with Crippen LogP contribution in [-0.2, 0) is 14.8 Å². The minimum absolute atomic E-state index is 0.133. The van der Waals surface area contributed by atoms with E-state index in [4.69, 9.17) is 11.6 Å². The van der Waals surface area contributed by atoms with Gasteiger partial charge in [0.1, 0.15) is 4.90 Å². The quantitative estimate of drug-likeness (QED) is 0.846. The van der Waals surface area contributed by atoms with Gasteiger partial charge in [-0.3, -0.25) is 4.79 Å². The van der Waals surface area contributed by atoms with Crippen molar-refractivity contribution in [3.8, 4) is 0 Å². The Morgan fingerprint density at radius 1 is 1.10 bits per heavy atom. The second-order valence-corrected chi connectivity index (χ2v) is 7.75. The third-order valence-electron chi connectivity index (χ3n) is 3.93. The summed E-state index contributed by atoms with van der Waals surface area (Å²) in [5, 5.41) is 0.231. The van der Waals surface area contributed by atoms with Gasteiger partial charge in [0.25, 0.3) is 0 Å². The van der Waals surface area contributed by atoms with Crippen molar-refractivity contribution in [1.82, 2.24) is 9.21 Å². The number of carbonyl (C=O) groups excluding carboxylic acids is 1. The van der Waals surface area contributed by atoms with Crippen LogP contribution in [0.4, 0.5) is 0 Å². The third-order valence-corrected chi connectivity index (χ3v) is 6.33. The first-order valence-corrected chi connectivity index (χ1v) is 8.85. The molecule has 0 spiro atoms. The molecule has 0 unspecified atom stereocenters. The lowest BCUT2D eigenvalue weighted by atomic mass is 10.3. The van der Waals surface area contributed by atoms with Crippen molar-refractivity contribution >= 4 is 27.5 Å². The molecule has 1 saturated heterocycles. The Bertz CT molecular complexity index is 650. The van der Waals surface area contributed by atoms with Crippen molar-refractivity contribution in [3.63, 3.8) is 0 Å². The van der Waals surface area contributed by atoms with Crippen molar-refractivity contribution < 1.29 is 13.2 Å². The van der Waals surface area contributed by atoms with Gasteiger partial charge in [-0.05, 0) is 25.0 Å². The highest BCUT2D eigenvalue weighted by Crippen LogP contribution is 2.32. The van der Waals surface area contributed by atoms with Crippen molar-refractivity contribution in [1.29, 1.82) is 0 Å². The first-order valence-electron chi connectivity index (χ1n) is 7.03. The largest absolute Gasteiger partial charge is 0.340 e. The zero-order valence-electron chi connectivity index (χ0n) is 11.5. The van der Waals surface area contributed by atoms with Gasteiger partial charge in [0, 0.05) is 32.1 Å². The minimum atomic E-state index is -3.58. The van der Waals surface area contributed by atoms with E-state index in [2.05, 4.69) is 0 Å². The molecule has 1 aliphatic carbocycles. The van der Waals surface area contributed by atoms with Gasteiger partial charge < -0.3 is 4.90 Å². The molecule has 1 saturated carbocycles. The molecule has 0 radical (unpaired) electrons. The fraction of sp³-hybridized carbons (Fsp3) is 0.500. The molecule has 2 fully saturated rings. The summed E-state index contributed by atoms with van der Waals surface area (Å²) >= 11 is 5.99. The van der Waals surface area contributed by atoms with Gasteiger partial charge in [0.05, 0.1) is 5.02 Å². The molecule has 0 N–H and O–H groups in total. The summed E-state index contributed by atoms with van der Waals surface area (Å²) in [5.41, 5.74) is 0. The normalized spacial score (nSPS) is 20.5. The first kappa shape index (κ1) is 14.8. The summed E-state index contributed by atoms with van der Waals surface area (Å²) < 4.78 is 26.5. The molecule has 21 heavy (non-hydrogen) atoms. The Labute approximate surface area is 129 Å². The third kappa shape index (κ3) is 2.93. The Kier molecular flexibility index (Phi) is 3.94. The molecule has 0 aromatic heterocycles. The molecule has 1 amide bonds. The topological polar surface area (TPSA) is 57.7 Å². The lowest BCUT2D eigenvalue weighted by Crippen LogP contribution is -2.50. The van der Waals surface area contributed by atoms with E-state index in [0.29, 0.717) is 26.2 Å². The molecule has 0 bridgehead atoms. The van der Waals surface area contributed by atoms with Crippen molar-refractivity contribution in [2.45, 2.75) is 17.7 Å². The number of hydrogen-bond donors (Lipinski definition) is 0. The predicted molar refractivity (Wildman–Crippen MR) is 79.5 cm³/mol. The summed E-state index contributed by atoms with van der Waals surface area (Å²) in [4.78, 5) is 13.9. The van der Waals surface area contributed by atoms with Crippen LogP contribution in [0, 0.1) is 5.92 Å². The number of benzene rings is 1. The maximum Gasteiger partial charge on any atom is 0.244 e. The van der Waals surface area contributed by atoms with Gasteiger partial charge in [0.15, 0.2) is 0 Å². The van der Waals surface area contributed by atoms with Gasteiger partial charge in [-0.15, -0.1) is 0 Å². The average Bonchev–Trinajstić information content (AvgIpc) is 3.31. The standard InChI is InChI=1S/C14H17ClN2O3S/c15-12-3-1-2-4-13(12)21(19,20)17-9-7-16(8-10-17)14(18)11-5-6-11/h1-4,11H,5-10H2. The Morgan fingerprint density at radius 2 is 1.71 bits per heavy atom. The van der Waals surface area contributed by atoms with E-state index in [-0.39, 0.29) is 21.7 Å². The van der Waals surface area contributed by atoms with Crippen LogP contribution < -0.4 is 0 Å². The maximum atomic E-state index is 12.6. The van der Waals surface area contributed by atoms with Crippen LogP contribution in [0.2, 0.25) is 5.02 Å². The molecule has 3 rings (SSSR count). The summed E-state index contributed by atoms with van der Waals surface area (Å²) in [7, 11) is -3.58. The van der Waals surface area contributed by atoms with E-state index in [1.54, 1.807) is 23.1 Å². The fourth-order valence-corrected chi connectivity index (χ4v) is 4.45. The molecule has 0 atom stereocenters. The van der Waals surface area contributed by atoms with Gasteiger partial charge in [0.2, 0.25) is 15.9 Å². The highest BCUT2D eigenvalue weighted by Gasteiger charge is 2.36. The van der Waals surface area contributed by atoms with E-state index in [0.717, 1.165) is 12.8 Å². The van der Waals surface area contributed by atoms with Crippen LogP contribution in [0.3, 0.4) is 0 Å². The molecule has 114 valence electrons. The van der Waals surface area contributed by atoms with E-state index in [1.165, 1.54) is 10.4 Å². The Balaban J connectivity index is 1.71. The van der Waals surface area contributed by atoms with Gasteiger partial charge in [-0.2, -0.15) is 4.31 Å². The number of hydrogen-bond acceptors (Lipinski definition) is 3. The maximum absolute atomic E-state index is 12.6. The number of nitrogens with zero attached hydrogens (tertiary/aromatic N) is 2. The second kappa shape index (κ2) is 5.59. The van der Waals surface area contributed by atoms with E-state index in [9.17, 15) is 13.2 Å². The zero-order chi connectivity index (χ0) is 15.0. The molecule has 1 aromatic rings. The SMILES string of the molecule is O=C(C1CC1)N1CCN(S(=O)(=O)c2ccccc2Cl)CC1. The van der Waals surface area contributed by atoms with Gasteiger partial charge in [-0.1, -0.05) is 23.7 Å². The molecule has 1 aliphatic heterocycles. The smallest absolute Gasteiger partial charge is 0.244 e. The predicted octanol–water partition coefficient (Wildman–Crippen LogP) is 1.58. The lowest BCUT2D eigenvalue weighted by Gasteiger charge is -2.34. The molecule has 5 nitrogen and oxygen atoms in total. The molecular formula is C14H17ClN2O3S. The number of amides is 1. The van der Waals surface area contributed by atoms with Crippen LogP contribution in [0.25, 0.3) is 0 Å². The molecule has 7 heteroatoms. The van der Waals surface area contributed by atoms with Crippen LogP contribution in [-0.4, -0.2) is 49.7 Å². The number of halogens is 1. The molecule has 1 heterocycles. The van der Waals surface area contributed by atoms with Crippen LogP contribution in [0.5, 0.6) is 0 Å². The summed E-state index contributed by atoms with van der Waals surface area (Å²) in [6.45, 7) is 1.57. The van der Waals surface area contributed by atoms with E-state index >= 15 is 0 Å². The van der Waals surface area contributed by atoms with Crippen molar-refractivity contribution in [2.75, 3.05) is 26.2 Å². The molecule has 1 aromatic carbocycles. The minimum Gasteiger partial charge on any atom is -0.340 e. The number of carbonyl (C=O) groups is 1. The van der Waals surface area contributed by atoms with Gasteiger partial charge in [-0.25, -0.2) is 8.42 Å². The lowest BCUT2D eigenvalue weighted by molar-refractivity contribution is -0.133. The van der Waals surface area contributed by atoms with E-state index < -0.39 is 10.0 Å². The highest BCUT2D eigenvalue weighted by atomic mass is 35.5. The molecular weight excluding hydrogens is 312 g/mol. The summed E-state index contributed by atoms with van der Waals surface area (Å²) in [6.07, 6.45) is 1.94. The van der Waals surface area contributed by atoms with Crippen LogP contribution in [0.15, 0.2) is 29.2 Å². The van der Waals surface area contributed by atoms with Crippen LogP contribution >= 0.6 is 11.6 Å². The zero-order valence-corrected chi connectivity index (χ0v) is 13.1. The highest BCUT2D eigenvalue weighted by molar-refractivity contribution is 7.89. The summed E-state index contributed by atoms with van der Waals surface area (Å²) in [6, 6.07) is 6.44. The van der Waals surface area contributed by atoms with E-state index in [1.807, 2.05) is 0 Å². The monoisotopic (exact) mass is 328 g/mol.